The fraction of sp³-hybridized carbons (Fsp3) is 0.900. The lowest BCUT2D eigenvalue weighted by Crippen LogP contribution is -2.43. The van der Waals surface area contributed by atoms with Gasteiger partial charge in [0.05, 0.1) is 6.04 Å². The summed E-state index contributed by atoms with van der Waals surface area (Å²) < 4.78 is 0. The lowest BCUT2D eigenvalue weighted by Gasteiger charge is -2.17. The highest BCUT2D eigenvalue weighted by molar-refractivity contribution is 5.81. The molecule has 0 saturated heterocycles. The molecule has 2 N–H and O–H groups in total. The van der Waals surface area contributed by atoms with Gasteiger partial charge in [0.25, 0.3) is 0 Å². The summed E-state index contributed by atoms with van der Waals surface area (Å²) in [5.74, 6) is 0.669. The lowest BCUT2D eigenvalue weighted by molar-refractivity contribution is -0.123. The zero-order valence-electron chi connectivity index (χ0n) is 9.18. The molecule has 3 heteroatoms. The Kier molecular flexibility index (Phi) is 6.59. The summed E-state index contributed by atoms with van der Waals surface area (Å²) >= 11 is 0. The Morgan fingerprint density at radius 2 is 2.00 bits per heavy atom. The highest BCUT2D eigenvalue weighted by Gasteiger charge is 2.16. The summed E-state index contributed by atoms with van der Waals surface area (Å²) in [6.07, 6.45) is 1.88. The van der Waals surface area contributed by atoms with Crippen molar-refractivity contribution in [2.24, 2.45) is 5.92 Å². The second-order valence-electron chi connectivity index (χ2n) is 3.76. The van der Waals surface area contributed by atoms with Crippen LogP contribution in [0.4, 0.5) is 0 Å². The lowest BCUT2D eigenvalue weighted by atomic mass is 10.0. The van der Waals surface area contributed by atoms with Gasteiger partial charge in [-0.15, -0.1) is 0 Å². The van der Waals surface area contributed by atoms with Crippen molar-refractivity contribution in [2.45, 2.75) is 39.7 Å². The third-order valence-electron chi connectivity index (χ3n) is 1.92. The highest BCUT2D eigenvalue weighted by Crippen LogP contribution is 2.04. The van der Waals surface area contributed by atoms with Crippen LogP contribution in [0.15, 0.2) is 0 Å². The molecule has 0 aromatic rings. The summed E-state index contributed by atoms with van der Waals surface area (Å²) in [6, 6.07) is -0.0356. The Labute approximate surface area is 81.3 Å². The number of hydrogen-bond acceptors (Lipinski definition) is 2. The molecule has 0 aliphatic rings. The monoisotopic (exact) mass is 186 g/mol. The third-order valence-corrected chi connectivity index (χ3v) is 1.92. The number of amides is 1. The van der Waals surface area contributed by atoms with Crippen LogP contribution in [-0.4, -0.2) is 25.5 Å². The molecule has 0 aliphatic carbocycles. The predicted octanol–water partition coefficient (Wildman–Crippen LogP) is 1.15. The molecule has 1 atom stereocenters. The summed E-state index contributed by atoms with van der Waals surface area (Å²) in [6.45, 7) is 7.07. The van der Waals surface area contributed by atoms with E-state index in [-0.39, 0.29) is 11.9 Å². The molecule has 0 aromatic heterocycles. The molecule has 0 rings (SSSR count). The minimum absolute atomic E-state index is 0.0356. The normalized spacial score (nSPS) is 13.0. The fourth-order valence-corrected chi connectivity index (χ4v) is 1.20. The van der Waals surface area contributed by atoms with Crippen LogP contribution >= 0.6 is 0 Å². The summed E-state index contributed by atoms with van der Waals surface area (Å²) in [5, 5.41) is 5.92. The molecule has 1 unspecified atom stereocenters. The van der Waals surface area contributed by atoms with Crippen molar-refractivity contribution < 1.29 is 4.79 Å². The van der Waals surface area contributed by atoms with Crippen LogP contribution in [-0.2, 0) is 4.79 Å². The van der Waals surface area contributed by atoms with E-state index in [0.29, 0.717) is 5.92 Å². The first-order valence-electron chi connectivity index (χ1n) is 5.06. The van der Waals surface area contributed by atoms with E-state index in [4.69, 9.17) is 0 Å². The first kappa shape index (κ1) is 12.4. The van der Waals surface area contributed by atoms with E-state index in [1.54, 1.807) is 0 Å². The van der Waals surface area contributed by atoms with Gasteiger partial charge >= 0.3 is 0 Å². The molecule has 1 amide bonds. The molecular weight excluding hydrogens is 164 g/mol. The Morgan fingerprint density at radius 3 is 2.38 bits per heavy atom. The maximum atomic E-state index is 11.5. The number of carbonyl (C=O) groups is 1. The Hall–Kier alpha value is -0.570. The Bertz CT molecular complexity index is 146. The highest BCUT2D eigenvalue weighted by atomic mass is 16.2. The molecule has 3 nitrogen and oxygen atoms in total. The Morgan fingerprint density at radius 1 is 1.38 bits per heavy atom. The number of carbonyl (C=O) groups excluding carboxylic acids is 1. The molecule has 0 heterocycles. The van der Waals surface area contributed by atoms with E-state index in [1.165, 1.54) is 0 Å². The standard InChI is InChI=1S/C10H22N2O/c1-5-6-12-10(13)9(11-4)7-8(2)3/h8-9,11H,5-7H2,1-4H3,(H,12,13). The van der Waals surface area contributed by atoms with E-state index in [2.05, 4.69) is 31.4 Å². The fourth-order valence-electron chi connectivity index (χ4n) is 1.20. The third kappa shape index (κ3) is 5.64. The van der Waals surface area contributed by atoms with Crippen molar-refractivity contribution in [3.05, 3.63) is 0 Å². The van der Waals surface area contributed by atoms with Crippen LogP contribution in [0, 0.1) is 5.92 Å². The quantitative estimate of drug-likeness (QED) is 0.653. The molecule has 0 bridgehead atoms. The van der Waals surface area contributed by atoms with Gasteiger partial charge in [0.1, 0.15) is 0 Å². The average molecular weight is 186 g/mol. The van der Waals surface area contributed by atoms with Gasteiger partial charge in [-0.3, -0.25) is 4.79 Å². The van der Waals surface area contributed by atoms with Gasteiger partial charge in [-0.25, -0.2) is 0 Å². The minimum atomic E-state index is -0.0356. The SMILES string of the molecule is CCCNC(=O)C(CC(C)C)NC. The van der Waals surface area contributed by atoms with E-state index in [0.717, 1.165) is 19.4 Å². The van der Waals surface area contributed by atoms with E-state index >= 15 is 0 Å². The van der Waals surface area contributed by atoms with Crippen LogP contribution in [0.25, 0.3) is 0 Å². The molecule has 0 radical (unpaired) electrons. The van der Waals surface area contributed by atoms with E-state index < -0.39 is 0 Å². The van der Waals surface area contributed by atoms with Crippen molar-refractivity contribution in [1.82, 2.24) is 10.6 Å². The molecule has 13 heavy (non-hydrogen) atoms. The van der Waals surface area contributed by atoms with Gasteiger partial charge in [0, 0.05) is 6.54 Å². The molecule has 0 aliphatic heterocycles. The zero-order valence-corrected chi connectivity index (χ0v) is 9.18. The van der Waals surface area contributed by atoms with Crippen molar-refractivity contribution >= 4 is 5.91 Å². The van der Waals surface area contributed by atoms with E-state index in [9.17, 15) is 4.79 Å². The maximum absolute atomic E-state index is 11.5. The molecule has 0 fully saturated rings. The van der Waals surface area contributed by atoms with Crippen LogP contribution in [0.1, 0.15) is 33.6 Å². The van der Waals surface area contributed by atoms with Gasteiger partial charge in [-0.1, -0.05) is 20.8 Å². The first-order valence-corrected chi connectivity index (χ1v) is 5.06. The predicted molar refractivity (Wildman–Crippen MR) is 55.6 cm³/mol. The molecule has 0 saturated carbocycles. The smallest absolute Gasteiger partial charge is 0.237 e. The number of hydrogen-bond donors (Lipinski definition) is 2. The van der Waals surface area contributed by atoms with Crippen molar-refractivity contribution in [2.75, 3.05) is 13.6 Å². The van der Waals surface area contributed by atoms with Crippen molar-refractivity contribution in [3.8, 4) is 0 Å². The van der Waals surface area contributed by atoms with Crippen LogP contribution in [0.2, 0.25) is 0 Å². The van der Waals surface area contributed by atoms with Crippen molar-refractivity contribution in [1.29, 1.82) is 0 Å². The Balaban J connectivity index is 3.85. The van der Waals surface area contributed by atoms with Crippen LogP contribution in [0.5, 0.6) is 0 Å². The maximum Gasteiger partial charge on any atom is 0.237 e. The summed E-state index contributed by atoms with van der Waals surface area (Å²) in [7, 11) is 1.83. The second-order valence-corrected chi connectivity index (χ2v) is 3.76. The van der Waals surface area contributed by atoms with Gasteiger partial charge in [-0.2, -0.15) is 0 Å². The summed E-state index contributed by atoms with van der Waals surface area (Å²) in [5.41, 5.74) is 0. The van der Waals surface area contributed by atoms with Gasteiger partial charge < -0.3 is 10.6 Å². The van der Waals surface area contributed by atoms with Gasteiger partial charge in [-0.05, 0) is 25.8 Å². The number of nitrogens with one attached hydrogen (secondary N) is 2. The van der Waals surface area contributed by atoms with Crippen LogP contribution in [0.3, 0.4) is 0 Å². The summed E-state index contributed by atoms with van der Waals surface area (Å²) in [4.78, 5) is 11.5. The largest absolute Gasteiger partial charge is 0.355 e. The van der Waals surface area contributed by atoms with Crippen molar-refractivity contribution in [3.63, 3.8) is 0 Å². The molecule has 78 valence electrons. The van der Waals surface area contributed by atoms with Gasteiger partial charge in [0.2, 0.25) is 5.91 Å². The number of rotatable bonds is 6. The molecule has 0 spiro atoms. The topological polar surface area (TPSA) is 41.1 Å². The molecule has 0 aromatic carbocycles. The zero-order chi connectivity index (χ0) is 10.3. The van der Waals surface area contributed by atoms with E-state index in [1.807, 2.05) is 7.05 Å². The minimum Gasteiger partial charge on any atom is -0.355 e. The first-order chi connectivity index (χ1) is 6.11. The second kappa shape index (κ2) is 6.89. The average Bonchev–Trinajstić information content (AvgIpc) is 2.09. The van der Waals surface area contributed by atoms with Gasteiger partial charge in [0.15, 0.2) is 0 Å². The molecular formula is C10H22N2O. The number of likely N-dealkylation sites (N-methyl/N-ethyl adjacent to an activating group) is 1. The van der Waals surface area contributed by atoms with Crippen LogP contribution < -0.4 is 10.6 Å².